The number of nitrogens with one attached hydrogen (secondary N) is 2. The minimum atomic E-state index is 0. The molecule has 0 aromatic heterocycles. The van der Waals surface area contributed by atoms with Gasteiger partial charge in [-0.3, -0.25) is 0 Å². The van der Waals surface area contributed by atoms with Crippen LogP contribution in [0.3, 0.4) is 0 Å². The van der Waals surface area contributed by atoms with Crippen molar-refractivity contribution >= 4 is 29.9 Å². The standard InChI is InChI=1S/C21H38N4O.HI/c1-6-22-21(23-12-9-13-26-17-18(3)4)24-15-19-10-8-11-20(14-19)16-25(5)7-2;/h8,10-11,14,18H,6-7,9,12-13,15-17H2,1-5H3,(H2,22,23,24);1H. The lowest BCUT2D eigenvalue weighted by Crippen LogP contribution is -2.38. The second-order valence-electron chi connectivity index (χ2n) is 7.09. The normalized spacial score (nSPS) is 11.6. The maximum atomic E-state index is 5.62. The lowest BCUT2D eigenvalue weighted by molar-refractivity contribution is 0.108. The van der Waals surface area contributed by atoms with Crippen LogP contribution >= 0.6 is 24.0 Å². The third-order valence-corrected chi connectivity index (χ3v) is 3.96. The van der Waals surface area contributed by atoms with Crippen LogP contribution in [0.1, 0.15) is 45.2 Å². The van der Waals surface area contributed by atoms with Crippen molar-refractivity contribution in [1.29, 1.82) is 0 Å². The van der Waals surface area contributed by atoms with Crippen LogP contribution in [0, 0.1) is 5.92 Å². The van der Waals surface area contributed by atoms with Gasteiger partial charge in [0.05, 0.1) is 6.54 Å². The zero-order valence-corrected chi connectivity index (χ0v) is 20.1. The molecule has 0 unspecified atom stereocenters. The molecule has 0 saturated carbocycles. The van der Waals surface area contributed by atoms with Crippen molar-refractivity contribution in [2.45, 2.75) is 47.2 Å². The number of ether oxygens (including phenoxy) is 1. The number of nitrogens with zero attached hydrogens (tertiary/aromatic N) is 2. The Morgan fingerprint density at radius 1 is 1.19 bits per heavy atom. The topological polar surface area (TPSA) is 48.9 Å². The van der Waals surface area contributed by atoms with Crippen molar-refractivity contribution < 1.29 is 4.74 Å². The number of halogens is 1. The van der Waals surface area contributed by atoms with Crippen molar-refractivity contribution in [2.24, 2.45) is 10.9 Å². The van der Waals surface area contributed by atoms with Crippen molar-refractivity contribution in [3.63, 3.8) is 0 Å². The van der Waals surface area contributed by atoms with Crippen LogP contribution in [0.25, 0.3) is 0 Å². The molecule has 27 heavy (non-hydrogen) atoms. The summed E-state index contributed by atoms with van der Waals surface area (Å²) in [6.45, 7) is 14.7. The summed E-state index contributed by atoms with van der Waals surface area (Å²) in [5.74, 6) is 1.46. The molecule has 0 aliphatic rings. The van der Waals surface area contributed by atoms with Crippen molar-refractivity contribution in [1.82, 2.24) is 15.5 Å². The Kier molecular flexibility index (Phi) is 15.6. The molecule has 6 heteroatoms. The van der Waals surface area contributed by atoms with Gasteiger partial charge in [-0.25, -0.2) is 4.99 Å². The van der Waals surface area contributed by atoms with E-state index in [9.17, 15) is 0 Å². The largest absolute Gasteiger partial charge is 0.381 e. The Morgan fingerprint density at radius 3 is 2.59 bits per heavy atom. The Balaban J connectivity index is 0.00000676. The van der Waals surface area contributed by atoms with Crippen LogP contribution in [0.4, 0.5) is 0 Å². The summed E-state index contributed by atoms with van der Waals surface area (Å²) >= 11 is 0. The highest BCUT2D eigenvalue weighted by Gasteiger charge is 2.01. The zero-order valence-electron chi connectivity index (χ0n) is 17.8. The molecule has 0 bridgehead atoms. The molecule has 156 valence electrons. The molecule has 0 amide bonds. The first-order chi connectivity index (χ1) is 12.5. The summed E-state index contributed by atoms with van der Waals surface area (Å²) in [6, 6.07) is 8.69. The number of hydrogen-bond donors (Lipinski definition) is 2. The van der Waals surface area contributed by atoms with Gasteiger partial charge in [0.15, 0.2) is 5.96 Å². The van der Waals surface area contributed by atoms with Crippen molar-refractivity contribution in [3.8, 4) is 0 Å². The molecule has 1 aromatic carbocycles. The Morgan fingerprint density at radius 2 is 1.93 bits per heavy atom. The lowest BCUT2D eigenvalue weighted by atomic mass is 10.1. The van der Waals surface area contributed by atoms with Gasteiger partial charge in [-0.15, -0.1) is 24.0 Å². The molecular weight excluding hydrogens is 451 g/mol. The predicted octanol–water partition coefficient (Wildman–Crippen LogP) is 3.87. The van der Waals surface area contributed by atoms with E-state index in [2.05, 4.69) is 74.5 Å². The SMILES string of the molecule is CCNC(=NCc1cccc(CN(C)CC)c1)NCCCOCC(C)C.I. The molecule has 0 aliphatic heterocycles. The van der Waals surface area contributed by atoms with E-state index in [-0.39, 0.29) is 24.0 Å². The van der Waals surface area contributed by atoms with Gasteiger partial charge in [-0.2, -0.15) is 0 Å². The van der Waals surface area contributed by atoms with E-state index >= 15 is 0 Å². The summed E-state index contributed by atoms with van der Waals surface area (Å²) < 4.78 is 5.62. The highest BCUT2D eigenvalue weighted by molar-refractivity contribution is 14.0. The van der Waals surface area contributed by atoms with Crippen LogP contribution in [0.2, 0.25) is 0 Å². The summed E-state index contributed by atoms with van der Waals surface area (Å²) in [4.78, 5) is 7.01. The number of hydrogen-bond acceptors (Lipinski definition) is 3. The zero-order chi connectivity index (χ0) is 19.2. The van der Waals surface area contributed by atoms with E-state index in [0.717, 1.165) is 51.8 Å². The molecule has 2 N–H and O–H groups in total. The summed E-state index contributed by atoms with van der Waals surface area (Å²) in [6.07, 6.45) is 0.982. The molecule has 5 nitrogen and oxygen atoms in total. The van der Waals surface area contributed by atoms with E-state index in [1.54, 1.807) is 0 Å². The smallest absolute Gasteiger partial charge is 0.191 e. The average molecular weight is 490 g/mol. The van der Waals surface area contributed by atoms with E-state index < -0.39 is 0 Å². The maximum absolute atomic E-state index is 5.62. The Hall–Kier alpha value is -0.860. The van der Waals surface area contributed by atoms with Gasteiger partial charge in [-0.1, -0.05) is 45.0 Å². The first-order valence-corrected chi connectivity index (χ1v) is 9.91. The van der Waals surface area contributed by atoms with Crippen LogP contribution in [0.5, 0.6) is 0 Å². The number of rotatable bonds is 12. The van der Waals surface area contributed by atoms with Gasteiger partial charge in [0.2, 0.25) is 0 Å². The van der Waals surface area contributed by atoms with Gasteiger partial charge in [0, 0.05) is 32.8 Å². The van der Waals surface area contributed by atoms with E-state index in [1.165, 1.54) is 11.1 Å². The Bertz CT molecular complexity index is 523. The fourth-order valence-corrected chi connectivity index (χ4v) is 2.46. The third-order valence-electron chi connectivity index (χ3n) is 3.96. The van der Waals surface area contributed by atoms with Crippen molar-refractivity contribution in [3.05, 3.63) is 35.4 Å². The maximum Gasteiger partial charge on any atom is 0.191 e. The van der Waals surface area contributed by atoms with E-state index in [0.29, 0.717) is 12.5 Å². The van der Waals surface area contributed by atoms with Crippen molar-refractivity contribution in [2.75, 3.05) is 39.9 Å². The highest BCUT2D eigenvalue weighted by Crippen LogP contribution is 2.08. The van der Waals surface area contributed by atoms with Crippen LogP contribution in [0.15, 0.2) is 29.3 Å². The number of guanidine groups is 1. The first kappa shape index (κ1) is 26.1. The van der Waals surface area contributed by atoms with Crippen LogP contribution in [-0.2, 0) is 17.8 Å². The summed E-state index contributed by atoms with van der Waals surface area (Å²) in [7, 11) is 2.14. The molecule has 0 aliphatic carbocycles. The van der Waals surface area contributed by atoms with Crippen LogP contribution in [-0.4, -0.2) is 50.8 Å². The first-order valence-electron chi connectivity index (χ1n) is 9.91. The fourth-order valence-electron chi connectivity index (χ4n) is 2.46. The molecule has 0 atom stereocenters. The molecule has 1 aromatic rings. The van der Waals surface area contributed by atoms with Gasteiger partial charge < -0.3 is 20.3 Å². The Labute approximate surface area is 183 Å². The van der Waals surface area contributed by atoms with E-state index in [1.807, 2.05) is 0 Å². The minimum Gasteiger partial charge on any atom is -0.381 e. The summed E-state index contributed by atoms with van der Waals surface area (Å²) in [5, 5.41) is 6.69. The van der Waals surface area contributed by atoms with Gasteiger partial charge >= 0.3 is 0 Å². The molecule has 1 rings (SSSR count). The summed E-state index contributed by atoms with van der Waals surface area (Å²) in [5.41, 5.74) is 2.58. The lowest BCUT2D eigenvalue weighted by Gasteiger charge is -2.14. The minimum absolute atomic E-state index is 0. The molecule has 0 spiro atoms. The molecule has 0 heterocycles. The molecular formula is C21H39IN4O. The van der Waals surface area contributed by atoms with E-state index in [4.69, 9.17) is 9.73 Å². The predicted molar refractivity (Wildman–Crippen MR) is 127 cm³/mol. The number of aliphatic imine (C=N–C) groups is 1. The van der Waals surface area contributed by atoms with Gasteiger partial charge in [0.1, 0.15) is 0 Å². The van der Waals surface area contributed by atoms with Gasteiger partial charge in [0.25, 0.3) is 0 Å². The second kappa shape index (κ2) is 16.1. The monoisotopic (exact) mass is 490 g/mol. The second-order valence-corrected chi connectivity index (χ2v) is 7.09. The third kappa shape index (κ3) is 13.0. The number of benzene rings is 1. The molecule has 0 fully saturated rings. The molecule has 0 saturated heterocycles. The fraction of sp³-hybridized carbons (Fsp3) is 0.667. The quantitative estimate of drug-likeness (QED) is 0.202. The highest BCUT2D eigenvalue weighted by atomic mass is 127. The average Bonchev–Trinajstić information content (AvgIpc) is 2.62. The van der Waals surface area contributed by atoms with Crippen LogP contribution < -0.4 is 10.6 Å². The van der Waals surface area contributed by atoms with Gasteiger partial charge in [-0.05, 0) is 44.0 Å². The molecule has 0 radical (unpaired) electrons.